The fraction of sp³-hybridized carbons (Fsp3) is 0.520. The summed E-state index contributed by atoms with van der Waals surface area (Å²) in [7, 11) is 1.61. The van der Waals surface area contributed by atoms with E-state index in [0.29, 0.717) is 31.6 Å². The lowest BCUT2D eigenvalue weighted by Gasteiger charge is -2.49. The fourth-order valence-corrected chi connectivity index (χ4v) is 5.99. The number of benzene rings is 1. The number of fused-ring (bicyclic) bond motifs is 4. The van der Waals surface area contributed by atoms with Gasteiger partial charge in [0, 0.05) is 35.7 Å². The number of alkyl halides is 3. The van der Waals surface area contributed by atoms with Crippen LogP contribution in [0.5, 0.6) is 5.75 Å². The molecule has 5 rings (SSSR count). The number of methoxy groups -OCH3 is 1. The predicted octanol–water partition coefficient (Wildman–Crippen LogP) is 5.05. The standard InChI is InChI=1S/C25H28F3N3O3/c1-3-24-7-6-23(32,15-33-2)13-17(24)5-9-34-21-12-20-16(10-19(21)24)14-30-31(20)18-4-8-29-22(11-18)25(26,27)28/h4,8,10-12,14,17,32H,3,5-7,9,13,15H2,1-2H3/t17-,23+,24+/m0/s1. The Hall–Kier alpha value is -2.65. The third-order valence-electron chi connectivity index (χ3n) is 7.70. The molecule has 0 spiro atoms. The van der Waals surface area contributed by atoms with Crippen LogP contribution in [0.2, 0.25) is 0 Å². The van der Waals surface area contributed by atoms with Crippen molar-refractivity contribution in [2.75, 3.05) is 20.3 Å². The van der Waals surface area contributed by atoms with Gasteiger partial charge in [-0.2, -0.15) is 18.3 Å². The lowest BCUT2D eigenvalue weighted by atomic mass is 9.57. The van der Waals surface area contributed by atoms with E-state index in [1.165, 1.54) is 10.7 Å². The van der Waals surface area contributed by atoms with Crippen molar-refractivity contribution >= 4 is 10.9 Å². The minimum atomic E-state index is -4.53. The molecule has 0 radical (unpaired) electrons. The van der Waals surface area contributed by atoms with Gasteiger partial charge < -0.3 is 14.6 Å². The van der Waals surface area contributed by atoms with Crippen LogP contribution in [0.4, 0.5) is 13.2 Å². The maximum absolute atomic E-state index is 13.2. The van der Waals surface area contributed by atoms with Crippen LogP contribution in [0.15, 0.2) is 36.7 Å². The quantitative estimate of drug-likeness (QED) is 0.572. The van der Waals surface area contributed by atoms with Gasteiger partial charge in [0.1, 0.15) is 11.4 Å². The molecule has 0 unspecified atom stereocenters. The number of nitrogens with zero attached hydrogens (tertiary/aromatic N) is 3. The molecule has 9 heteroatoms. The van der Waals surface area contributed by atoms with E-state index in [1.54, 1.807) is 13.3 Å². The lowest BCUT2D eigenvalue weighted by Crippen LogP contribution is -2.49. The van der Waals surface area contributed by atoms with Gasteiger partial charge in [-0.3, -0.25) is 4.98 Å². The van der Waals surface area contributed by atoms with Crippen molar-refractivity contribution in [2.45, 2.75) is 56.2 Å². The van der Waals surface area contributed by atoms with Crippen LogP contribution < -0.4 is 4.74 Å². The Balaban J connectivity index is 1.59. The van der Waals surface area contributed by atoms with E-state index < -0.39 is 17.5 Å². The third kappa shape index (κ3) is 3.75. The second-order valence-electron chi connectivity index (χ2n) is 9.57. The molecule has 3 aromatic rings. The summed E-state index contributed by atoms with van der Waals surface area (Å²) in [6, 6.07) is 6.47. The summed E-state index contributed by atoms with van der Waals surface area (Å²) in [5.41, 5.74) is 0.107. The summed E-state index contributed by atoms with van der Waals surface area (Å²) in [6.45, 7) is 3.00. The van der Waals surface area contributed by atoms with Gasteiger partial charge in [-0.15, -0.1) is 0 Å². The third-order valence-corrected chi connectivity index (χ3v) is 7.70. The molecule has 34 heavy (non-hydrogen) atoms. The van der Waals surface area contributed by atoms with Gasteiger partial charge in [-0.05, 0) is 56.2 Å². The molecule has 2 aliphatic rings. The topological polar surface area (TPSA) is 69.4 Å². The van der Waals surface area contributed by atoms with Crippen LogP contribution >= 0.6 is 0 Å². The highest BCUT2D eigenvalue weighted by atomic mass is 19.4. The first kappa shape index (κ1) is 23.1. The maximum Gasteiger partial charge on any atom is 0.433 e. The van der Waals surface area contributed by atoms with Crippen LogP contribution in [0, 0.1) is 5.92 Å². The number of aliphatic hydroxyl groups is 1. The molecule has 182 valence electrons. The summed E-state index contributed by atoms with van der Waals surface area (Å²) in [5.74, 6) is 0.968. The van der Waals surface area contributed by atoms with Crippen LogP contribution in [-0.2, 0) is 16.3 Å². The van der Waals surface area contributed by atoms with E-state index in [-0.39, 0.29) is 17.0 Å². The Kier molecular flexibility index (Phi) is 5.60. The first-order chi connectivity index (χ1) is 16.2. The van der Waals surface area contributed by atoms with Gasteiger partial charge in [-0.25, -0.2) is 4.68 Å². The van der Waals surface area contributed by atoms with E-state index in [0.717, 1.165) is 48.2 Å². The average molecular weight is 476 g/mol. The number of rotatable bonds is 4. The van der Waals surface area contributed by atoms with Gasteiger partial charge >= 0.3 is 6.18 Å². The Morgan fingerprint density at radius 1 is 1.26 bits per heavy atom. The van der Waals surface area contributed by atoms with Gasteiger partial charge in [0.2, 0.25) is 0 Å². The molecular formula is C25H28F3N3O3. The van der Waals surface area contributed by atoms with E-state index in [9.17, 15) is 18.3 Å². The highest BCUT2D eigenvalue weighted by molar-refractivity contribution is 5.83. The minimum absolute atomic E-state index is 0.151. The number of halogens is 3. The molecule has 1 fully saturated rings. The van der Waals surface area contributed by atoms with Crippen molar-refractivity contribution in [1.29, 1.82) is 0 Å². The molecule has 3 atom stereocenters. The lowest BCUT2D eigenvalue weighted by molar-refractivity contribution is -0.141. The van der Waals surface area contributed by atoms with E-state index in [1.807, 2.05) is 6.07 Å². The molecule has 1 N–H and O–H groups in total. The Morgan fingerprint density at radius 3 is 2.82 bits per heavy atom. The van der Waals surface area contributed by atoms with Crippen molar-refractivity contribution < 1.29 is 27.8 Å². The van der Waals surface area contributed by atoms with Crippen molar-refractivity contribution in [2.24, 2.45) is 5.92 Å². The van der Waals surface area contributed by atoms with Crippen molar-refractivity contribution in [3.63, 3.8) is 0 Å². The van der Waals surface area contributed by atoms with Crippen LogP contribution in [-0.4, -0.2) is 45.8 Å². The van der Waals surface area contributed by atoms with Gasteiger partial charge in [0.25, 0.3) is 0 Å². The van der Waals surface area contributed by atoms with E-state index in [2.05, 4.69) is 23.1 Å². The number of hydrogen-bond acceptors (Lipinski definition) is 5. The number of aromatic nitrogens is 3. The van der Waals surface area contributed by atoms with Gasteiger partial charge in [0.05, 0.1) is 36.2 Å². The molecule has 0 saturated heterocycles. The van der Waals surface area contributed by atoms with E-state index in [4.69, 9.17) is 9.47 Å². The normalized spacial score (nSPS) is 27.1. The molecule has 1 aliphatic heterocycles. The SMILES string of the molecule is CC[C@@]12CC[C@](O)(COC)C[C@@H]1CCOc1cc3c(cnn3-c3ccnc(C(F)(F)F)c3)cc12. The van der Waals surface area contributed by atoms with Crippen LogP contribution in [0.25, 0.3) is 16.6 Å². The highest BCUT2D eigenvalue weighted by Crippen LogP contribution is 2.55. The van der Waals surface area contributed by atoms with Crippen molar-refractivity contribution in [3.05, 3.63) is 47.9 Å². The molecule has 3 heterocycles. The minimum Gasteiger partial charge on any atom is -0.493 e. The fourth-order valence-electron chi connectivity index (χ4n) is 5.99. The summed E-state index contributed by atoms with van der Waals surface area (Å²) in [4.78, 5) is 3.45. The second-order valence-corrected chi connectivity index (χ2v) is 9.57. The first-order valence-corrected chi connectivity index (χ1v) is 11.6. The molecule has 1 aliphatic carbocycles. The summed E-state index contributed by atoms with van der Waals surface area (Å²) >= 11 is 0. The summed E-state index contributed by atoms with van der Waals surface area (Å²) < 4.78 is 52.6. The molecule has 0 bridgehead atoms. The van der Waals surface area contributed by atoms with Gasteiger partial charge in [0.15, 0.2) is 0 Å². The molecule has 1 saturated carbocycles. The zero-order valence-corrected chi connectivity index (χ0v) is 19.2. The number of pyridine rings is 1. The molecule has 6 nitrogen and oxygen atoms in total. The average Bonchev–Trinajstić information content (AvgIpc) is 3.15. The highest BCUT2D eigenvalue weighted by Gasteiger charge is 2.50. The van der Waals surface area contributed by atoms with Crippen LogP contribution in [0.1, 0.15) is 50.3 Å². The Morgan fingerprint density at radius 2 is 2.09 bits per heavy atom. The monoisotopic (exact) mass is 475 g/mol. The predicted molar refractivity (Wildman–Crippen MR) is 120 cm³/mol. The first-order valence-electron chi connectivity index (χ1n) is 11.6. The van der Waals surface area contributed by atoms with Gasteiger partial charge in [-0.1, -0.05) is 6.92 Å². The zero-order valence-electron chi connectivity index (χ0n) is 19.2. The molecular weight excluding hydrogens is 447 g/mol. The molecule has 1 aromatic carbocycles. The maximum atomic E-state index is 13.2. The second kappa shape index (κ2) is 8.23. The summed E-state index contributed by atoms with van der Waals surface area (Å²) in [6.07, 6.45) is 2.09. The smallest absolute Gasteiger partial charge is 0.433 e. The Bertz CT molecular complexity index is 1210. The number of hydrogen-bond donors (Lipinski definition) is 1. The van der Waals surface area contributed by atoms with E-state index >= 15 is 0 Å². The Labute approximate surface area is 195 Å². The largest absolute Gasteiger partial charge is 0.493 e. The number of ether oxygens (including phenoxy) is 2. The summed E-state index contributed by atoms with van der Waals surface area (Å²) in [5, 5.41) is 16.3. The van der Waals surface area contributed by atoms with Crippen LogP contribution in [0.3, 0.4) is 0 Å². The molecule has 0 amide bonds. The molecule has 2 aromatic heterocycles. The van der Waals surface area contributed by atoms with Crippen molar-refractivity contribution in [1.82, 2.24) is 14.8 Å². The van der Waals surface area contributed by atoms with Crippen molar-refractivity contribution in [3.8, 4) is 11.4 Å². The zero-order chi connectivity index (χ0) is 24.1.